The van der Waals surface area contributed by atoms with Crippen LogP contribution in [0.15, 0.2) is 42.6 Å². The number of aromatic nitrogens is 1. The zero-order valence-electron chi connectivity index (χ0n) is 11.7. The fourth-order valence-electron chi connectivity index (χ4n) is 2.76. The zero-order chi connectivity index (χ0) is 15.7. The number of aliphatic hydroxyl groups excluding tert-OH is 1. The van der Waals surface area contributed by atoms with E-state index >= 15 is 0 Å². The first-order valence-corrected chi connectivity index (χ1v) is 6.96. The molecule has 3 rings (SSSR count). The van der Waals surface area contributed by atoms with Crippen molar-refractivity contribution in [2.24, 2.45) is 0 Å². The number of hydrogen-bond acceptors (Lipinski definition) is 3. The van der Waals surface area contributed by atoms with Gasteiger partial charge >= 0.3 is 6.18 Å². The highest BCUT2D eigenvalue weighted by atomic mass is 19.4. The minimum Gasteiger partial charge on any atom is -0.394 e. The summed E-state index contributed by atoms with van der Waals surface area (Å²) in [7, 11) is 0. The molecule has 0 radical (unpaired) electrons. The Balaban J connectivity index is 1.83. The minimum atomic E-state index is -4.38. The number of nitrogens with zero attached hydrogens (tertiary/aromatic N) is 2. The van der Waals surface area contributed by atoms with Crippen LogP contribution in [-0.2, 0) is 19.1 Å². The molecule has 0 saturated carbocycles. The van der Waals surface area contributed by atoms with Gasteiger partial charge in [0, 0.05) is 11.9 Å². The number of alkyl halides is 3. The molecule has 0 saturated heterocycles. The standard InChI is InChI=1S/C16H15F3N2O/c17-16(18,19)12-5-6-13(20-8-12)9-21-14(10-22)7-11-3-1-2-4-15(11)21/h1-6,8,14,22H,7,9-10H2/t14-/m1/s1. The number of fused-ring (bicyclic) bond motifs is 1. The first-order chi connectivity index (χ1) is 10.5. The van der Waals surface area contributed by atoms with E-state index in [1.54, 1.807) is 0 Å². The van der Waals surface area contributed by atoms with Gasteiger partial charge in [-0.1, -0.05) is 18.2 Å². The van der Waals surface area contributed by atoms with Crippen LogP contribution in [0.3, 0.4) is 0 Å². The molecule has 1 N–H and O–H groups in total. The van der Waals surface area contributed by atoms with E-state index < -0.39 is 11.7 Å². The average molecular weight is 308 g/mol. The predicted octanol–water partition coefficient (Wildman–Crippen LogP) is 3.02. The molecule has 0 amide bonds. The number of benzene rings is 1. The van der Waals surface area contributed by atoms with E-state index in [-0.39, 0.29) is 12.6 Å². The van der Waals surface area contributed by atoms with Gasteiger partial charge in [-0.2, -0.15) is 13.2 Å². The largest absolute Gasteiger partial charge is 0.417 e. The Hall–Kier alpha value is -2.08. The van der Waals surface area contributed by atoms with Gasteiger partial charge in [0.1, 0.15) is 0 Å². The molecule has 0 bridgehead atoms. The van der Waals surface area contributed by atoms with E-state index in [4.69, 9.17) is 0 Å². The number of pyridine rings is 1. The van der Waals surface area contributed by atoms with Crippen LogP contribution in [-0.4, -0.2) is 22.7 Å². The Morgan fingerprint density at radius 3 is 2.59 bits per heavy atom. The molecule has 0 aliphatic carbocycles. The quantitative estimate of drug-likeness (QED) is 0.947. The molecular formula is C16H15F3N2O. The summed E-state index contributed by atoms with van der Waals surface area (Å²) in [5.41, 5.74) is 1.93. The molecule has 0 unspecified atom stereocenters. The molecule has 3 nitrogen and oxygen atoms in total. The highest BCUT2D eigenvalue weighted by Gasteiger charge is 2.31. The van der Waals surface area contributed by atoms with Crippen molar-refractivity contribution in [1.29, 1.82) is 0 Å². The van der Waals surface area contributed by atoms with Gasteiger partial charge in [0.15, 0.2) is 0 Å². The molecule has 2 aromatic rings. The smallest absolute Gasteiger partial charge is 0.394 e. The summed E-state index contributed by atoms with van der Waals surface area (Å²) in [5.74, 6) is 0. The number of hydrogen-bond donors (Lipinski definition) is 1. The molecule has 2 heterocycles. The predicted molar refractivity (Wildman–Crippen MR) is 76.4 cm³/mol. The maximum absolute atomic E-state index is 12.6. The molecule has 0 fully saturated rings. The molecule has 1 aliphatic rings. The average Bonchev–Trinajstić information content (AvgIpc) is 2.85. The Bertz CT molecular complexity index is 655. The maximum atomic E-state index is 12.6. The van der Waals surface area contributed by atoms with E-state index in [0.717, 1.165) is 29.9 Å². The third kappa shape index (κ3) is 2.78. The molecule has 1 atom stereocenters. The Morgan fingerprint density at radius 1 is 1.18 bits per heavy atom. The fraction of sp³-hybridized carbons (Fsp3) is 0.312. The van der Waals surface area contributed by atoms with E-state index in [1.807, 2.05) is 29.2 Å². The lowest BCUT2D eigenvalue weighted by molar-refractivity contribution is -0.137. The number of para-hydroxylation sites is 1. The molecule has 116 valence electrons. The third-order valence-corrected chi connectivity index (χ3v) is 3.89. The fourth-order valence-corrected chi connectivity index (χ4v) is 2.76. The number of anilines is 1. The van der Waals surface area contributed by atoms with Crippen molar-refractivity contribution >= 4 is 5.69 Å². The lowest BCUT2D eigenvalue weighted by atomic mass is 10.1. The summed E-state index contributed by atoms with van der Waals surface area (Å²) in [6, 6.07) is 10.2. The molecule has 0 spiro atoms. The SMILES string of the molecule is OC[C@H]1Cc2ccccc2N1Cc1ccc(C(F)(F)F)cn1. The van der Waals surface area contributed by atoms with Crippen LogP contribution in [0.25, 0.3) is 0 Å². The summed E-state index contributed by atoms with van der Waals surface area (Å²) >= 11 is 0. The summed E-state index contributed by atoms with van der Waals surface area (Å²) < 4.78 is 37.7. The second-order valence-corrected chi connectivity index (χ2v) is 5.33. The molecule has 6 heteroatoms. The first kappa shape index (κ1) is 14.8. The van der Waals surface area contributed by atoms with Crippen molar-refractivity contribution in [2.75, 3.05) is 11.5 Å². The van der Waals surface area contributed by atoms with Crippen molar-refractivity contribution in [3.8, 4) is 0 Å². The van der Waals surface area contributed by atoms with Crippen molar-refractivity contribution < 1.29 is 18.3 Å². The lowest BCUT2D eigenvalue weighted by Gasteiger charge is -2.26. The van der Waals surface area contributed by atoms with Gasteiger partial charge in [-0.15, -0.1) is 0 Å². The highest BCUT2D eigenvalue weighted by molar-refractivity contribution is 5.59. The van der Waals surface area contributed by atoms with Crippen molar-refractivity contribution in [3.63, 3.8) is 0 Å². The lowest BCUT2D eigenvalue weighted by Crippen LogP contribution is -2.34. The number of halogens is 3. The van der Waals surface area contributed by atoms with Crippen LogP contribution < -0.4 is 4.90 Å². The van der Waals surface area contributed by atoms with Crippen LogP contribution >= 0.6 is 0 Å². The van der Waals surface area contributed by atoms with Gasteiger partial charge < -0.3 is 10.0 Å². The van der Waals surface area contributed by atoms with Gasteiger partial charge in [-0.25, -0.2) is 0 Å². The van der Waals surface area contributed by atoms with E-state index in [1.165, 1.54) is 6.07 Å². The van der Waals surface area contributed by atoms with Gasteiger partial charge in [0.2, 0.25) is 0 Å². The molecule has 22 heavy (non-hydrogen) atoms. The molecular weight excluding hydrogens is 293 g/mol. The number of rotatable bonds is 3. The maximum Gasteiger partial charge on any atom is 0.417 e. The van der Waals surface area contributed by atoms with Gasteiger partial charge in [0.25, 0.3) is 0 Å². The van der Waals surface area contributed by atoms with Crippen molar-refractivity contribution in [3.05, 3.63) is 59.4 Å². The highest BCUT2D eigenvalue weighted by Crippen LogP contribution is 2.33. The molecule has 1 aromatic heterocycles. The Labute approximate surface area is 126 Å². The van der Waals surface area contributed by atoms with E-state index in [0.29, 0.717) is 12.2 Å². The minimum absolute atomic E-state index is 0.00465. The summed E-state index contributed by atoms with van der Waals surface area (Å²) in [5, 5.41) is 9.53. The van der Waals surface area contributed by atoms with Crippen molar-refractivity contribution in [1.82, 2.24) is 4.98 Å². The van der Waals surface area contributed by atoms with Gasteiger partial charge in [0.05, 0.1) is 30.5 Å². The van der Waals surface area contributed by atoms with Crippen LogP contribution in [0.4, 0.5) is 18.9 Å². The molecule has 1 aliphatic heterocycles. The Kier molecular flexibility index (Phi) is 3.78. The van der Waals surface area contributed by atoms with E-state index in [9.17, 15) is 18.3 Å². The normalized spacial score (nSPS) is 17.6. The topological polar surface area (TPSA) is 36.4 Å². The summed E-state index contributed by atoms with van der Waals surface area (Å²) in [6.45, 7) is 0.371. The van der Waals surface area contributed by atoms with Crippen LogP contribution in [0.5, 0.6) is 0 Å². The van der Waals surface area contributed by atoms with E-state index in [2.05, 4.69) is 4.98 Å². The summed E-state index contributed by atoms with van der Waals surface area (Å²) in [4.78, 5) is 5.90. The molecule has 1 aromatic carbocycles. The number of aliphatic hydroxyl groups is 1. The van der Waals surface area contributed by atoms with Gasteiger partial charge in [-0.05, 0) is 30.2 Å². The zero-order valence-corrected chi connectivity index (χ0v) is 11.7. The first-order valence-electron chi connectivity index (χ1n) is 6.96. The summed E-state index contributed by atoms with van der Waals surface area (Å²) in [6.07, 6.45) is -2.79. The second kappa shape index (κ2) is 5.61. The van der Waals surface area contributed by atoms with Crippen LogP contribution in [0, 0.1) is 0 Å². The van der Waals surface area contributed by atoms with Crippen LogP contribution in [0.1, 0.15) is 16.8 Å². The van der Waals surface area contributed by atoms with Crippen LogP contribution in [0.2, 0.25) is 0 Å². The third-order valence-electron chi connectivity index (χ3n) is 3.89. The van der Waals surface area contributed by atoms with Gasteiger partial charge in [-0.3, -0.25) is 4.98 Å². The second-order valence-electron chi connectivity index (χ2n) is 5.33. The monoisotopic (exact) mass is 308 g/mol. The van der Waals surface area contributed by atoms with Crippen molar-refractivity contribution in [2.45, 2.75) is 25.2 Å². The Morgan fingerprint density at radius 2 is 1.95 bits per heavy atom.